The molecule has 0 N–H and O–H groups in total. The minimum atomic E-state index is 0.463. The van der Waals surface area contributed by atoms with Crippen molar-refractivity contribution < 1.29 is 4.42 Å². The zero-order valence-electron chi connectivity index (χ0n) is 21.0. The van der Waals surface area contributed by atoms with Gasteiger partial charge in [-0.25, -0.2) is 0 Å². The Balaban J connectivity index is 1.41. The summed E-state index contributed by atoms with van der Waals surface area (Å²) in [4.78, 5) is 4.74. The Morgan fingerprint density at radius 1 is 0.667 bits per heavy atom. The molecule has 0 fully saturated rings. The molecule has 0 spiro atoms. The van der Waals surface area contributed by atoms with Crippen molar-refractivity contribution in [3.8, 4) is 22.4 Å². The van der Waals surface area contributed by atoms with Gasteiger partial charge >= 0.3 is 0 Å². The normalized spacial score (nSPS) is 11.6. The maximum absolute atomic E-state index is 6.20. The van der Waals surface area contributed by atoms with Crippen LogP contribution in [0.4, 0.5) is 0 Å². The number of pyridine rings is 1. The van der Waals surface area contributed by atoms with Gasteiger partial charge in [-0.3, -0.25) is 4.98 Å². The van der Waals surface area contributed by atoms with Crippen LogP contribution in [0.5, 0.6) is 0 Å². The van der Waals surface area contributed by atoms with E-state index in [-0.39, 0.29) is 0 Å². The van der Waals surface area contributed by atoms with Crippen LogP contribution in [0, 0.1) is 6.92 Å². The topological polar surface area (TPSA) is 26.0 Å². The number of rotatable bonds is 5. The van der Waals surface area contributed by atoms with Gasteiger partial charge in [0.05, 0.1) is 5.69 Å². The van der Waals surface area contributed by atoms with E-state index >= 15 is 0 Å². The number of nitrogens with zero attached hydrogens (tertiary/aromatic N) is 1. The second kappa shape index (κ2) is 9.13. The molecule has 6 rings (SSSR count). The molecule has 0 unspecified atom stereocenters. The summed E-state index contributed by atoms with van der Waals surface area (Å²) >= 11 is 0. The maximum Gasteiger partial charge on any atom is 0.135 e. The van der Waals surface area contributed by atoms with Crippen molar-refractivity contribution in [1.82, 2.24) is 4.98 Å². The van der Waals surface area contributed by atoms with E-state index in [9.17, 15) is 0 Å². The first-order valence-corrected chi connectivity index (χ1v) is 12.6. The van der Waals surface area contributed by atoms with Gasteiger partial charge in [0, 0.05) is 22.5 Å². The molecule has 4 aromatic carbocycles. The van der Waals surface area contributed by atoms with Crippen LogP contribution in [0.25, 0.3) is 44.3 Å². The Kier molecular flexibility index (Phi) is 5.65. The molecule has 0 saturated carbocycles. The Morgan fingerprint density at radius 2 is 1.33 bits per heavy atom. The van der Waals surface area contributed by atoms with Gasteiger partial charge in [0.1, 0.15) is 11.2 Å². The quantitative estimate of drug-likeness (QED) is 0.252. The Hall–Kier alpha value is -4.17. The second-order valence-electron chi connectivity index (χ2n) is 9.97. The highest BCUT2D eigenvalue weighted by Crippen LogP contribution is 2.35. The molecule has 0 amide bonds. The van der Waals surface area contributed by atoms with Gasteiger partial charge in [-0.2, -0.15) is 0 Å². The Morgan fingerprint density at radius 3 is 2.08 bits per heavy atom. The molecule has 176 valence electrons. The fraction of sp³-hybridized carbons (Fsp3) is 0.147. The largest absolute Gasteiger partial charge is 0.456 e. The fourth-order valence-electron chi connectivity index (χ4n) is 5.13. The molecule has 6 aromatic rings. The lowest BCUT2D eigenvalue weighted by Gasteiger charge is -2.11. The molecule has 0 aliphatic carbocycles. The molecule has 0 saturated heterocycles. The van der Waals surface area contributed by atoms with Gasteiger partial charge < -0.3 is 4.42 Å². The van der Waals surface area contributed by atoms with E-state index in [0.29, 0.717) is 5.92 Å². The van der Waals surface area contributed by atoms with Crippen molar-refractivity contribution in [1.29, 1.82) is 0 Å². The average Bonchev–Trinajstić information content (AvgIpc) is 3.27. The van der Waals surface area contributed by atoms with Crippen LogP contribution in [0.1, 0.15) is 42.0 Å². The van der Waals surface area contributed by atoms with E-state index in [1.54, 1.807) is 0 Å². The van der Waals surface area contributed by atoms with E-state index in [2.05, 4.69) is 118 Å². The number of hydrogen-bond acceptors (Lipinski definition) is 2. The van der Waals surface area contributed by atoms with Crippen LogP contribution in [0.15, 0.2) is 108 Å². The van der Waals surface area contributed by atoms with Gasteiger partial charge in [-0.1, -0.05) is 74.5 Å². The maximum atomic E-state index is 6.20. The minimum Gasteiger partial charge on any atom is -0.456 e. The molecular formula is C34H29NO. The summed E-state index contributed by atoms with van der Waals surface area (Å²) in [5.41, 5.74) is 11.6. The van der Waals surface area contributed by atoms with E-state index < -0.39 is 0 Å². The predicted molar refractivity (Wildman–Crippen MR) is 150 cm³/mol. The van der Waals surface area contributed by atoms with Crippen molar-refractivity contribution in [2.24, 2.45) is 0 Å². The summed E-state index contributed by atoms with van der Waals surface area (Å²) < 4.78 is 6.20. The van der Waals surface area contributed by atoms with E-state index in [1.807, 2.05) is 6.20 Å². The lowest BCUT2D eigenvalue weighted by molar-refractivity contribution is 0.669. The van der Waals surface area contributed by atoms with Crippen LogP contribution in [0.2, 0.25) is 0 Å². The molecule has 2 heteroatoms. The molecule has 0 atom stereocenters. The van der Waals surface area contributed by atoms with E-state index in [1.165, 1.54) is 33.4 Å². The summed E-state index contributed by atoms with van der Waals surface area (Å²) in [5.74, 6) is 0.463. The van der Waals surface area contributed by atoms with Gasteiger partial charge in [0.15, 0.2) is 0 Å². The first-order chi connectivity index (χ1) is 17.5. The lowest BCUT2D eigenvalue weighted by Crippen LogP contribution is -1.95. The summed E-state index contributed by atoms with van der Waals surface area (Å²) in [7, 11) is 0. The molecule has 2 heterocycles. The number of hydrogen-bond donors (Lipinski definition) is 0. The van der Waals surface area contributed by atoms with Gasteiger partial charge in [0.25, 0.3) is 0 Å². The Bertz CT molecular complexity index is 1690. The lowest BCUT2D eigenvalue weighted by atomic mass is 9.96. The third kappa shape index (κ3) is 4.20. The highest BCUT2D eigenvalue weighted by molar-refractivity contribution is 6.07. The highest BCUT2D eigenvalue weighted by Gasteiger charge is 2.13. The molecule has 0 bridgehead atoms. The summed E-state index contributed by atoms with van der Waals surface area (Å²) in [5, 5.41) is 2.26. The number of aromatic nitrogens is 1. The minimum absolute atomic E-state index is 0.463. The monoisotopic (exact) mass is 467 g/mol. The second-order valence-corrected chi connectivity index (χ2v) is 9.97. The number of fused-ring (bicyclic) bond motifs is 3. The van der Waals surface area contributed by atoms with E-state index in [0.717, 1.165) is 39.6 Å². The number of benzene rings is 4. The molecule has 0 aliphatic heterocycles. The van der Waals surface area contributed by atoms with Gasteiger partial charge in [-0.05, 0) is 89.0 Å². The van der Waals surface area contributed by atoms with Crippen molar-refractivity contribution in [3.63, 3.8) is 0 Å². The molecule has 36 heavy (non-hydrogen) atoms. The van der Waals surface area contributed by atoms with Crippen molar-refractivity contribution in [2.45, 2.75) is 33.1 Å². The molecular weight excluding hydrogens is 438 g/mol. The number of aryl methyl sites for hydroxylation is 1. The first kappa shape index (κ1) is 22.3. The Labute approximate surface area is 212 Å². The molecule has 2 aromatic heterocycles. The molecule has 0 radical (unpaired) electrons. The molecule has 2 nitrogen and oxygen atoms in total. The first-order valence-electron chi connectivity index (χ1n) is 12.6. The average molecular weight is 468 g/mol. The zero-order valence-corrected chi connectivity index (χ0v) is 21.0. The summed E-state index contributed by atoms with van der Waals surface area (Å²) in [6.45, 7) is 6.60. The zero-order chi connectivity index (χ0) is 24.6. The van der Waals surface area contributed by atoms with Crippen LogP contribution in [0.3, 0.4) is 0 Å². The van der Waals surface area contributed by atoms with Crippen molar-refractivity contribution in [3.05, 3.63) is 126 Å². The number of furan rings is 1. The van der Waals surface area contributed by atoms with E-state index in [4.69, 9.17) is 9.40 Å². The van der Waals surface area contributed by atoms with Crippen molar-refractivity contribution >= 4 is 21.9 Å². The third-order valence-electron chi connectivity index (χ3n) is 7.04. The smallest absolute Gasteiger partial charge is 0.135 e. The van der Waals surface area contributed by atoms with Crippen LogP contribution >= 0.6 is 0 Å². The molecule has 0 aliphatic rings. The highest BCUT2D eigenvalue weighted by atomic mass is 16.3. The third-order valence-corrected chi connectivity index (χ3v) is 7.04. The summed E-state index contributed by atoms with van der Waals surface area (Å²) in [6, 6.07) is 34.6. The standard InChI is InChI=1S/C34H29NO/c1-22(2)29-20-32(35-21-23(29)3)28-13-15-34-31(19-28)30-18-27(12-14-33(30)36-34)26-11-7-10-25(17-26)16-24-8-5-4-6-9-24/h4-15,17-22H,16H2,1-3H3. The van der Waals surface area contributed by atoms with Crippen molar-refractivity contribution in [2.75, 3.05) is 0 Å². The SMILES string of the molecule is Cc1cnc(-c2ccc3oc4ccc(-c5cccc(Cc6ccccc6)c5)cc4c3c2)cc1C(C)C. The van der Waals surface area contributed by atoms with Crippen LogP contribution < -0.4 is 0 Å². The van der Waals surface area contributed by atoms with Crippen LogP contribution in [-0.2, 0) is 6.42 Å². The predicted octanol–water partition coefficient (Wildman–Crippen LogP) is 9.34. The van der Waals surface area contributed by atoms with Gasteiger partial charge in [0.2, 0.25) is 0 Å². The fourth-order valence-corrected chi connectivity index (χ4v) is 5.13. The summed E-state index contributed by atoms with van der Waals surface area (Å²) in [6.07, 6.45) is 2.92. The van der Waals surface area contributed by atoms with Crippen LogP contribution in [-0.4, -0.2) is 4.98 Å². The van der Waals surface area contributed by atoms with Gasteiger partial charge in [-0.15, -0.1) is 0 Å².